The summed E-state index contributed by atoms with van der Waals surface area (Å²) >= 11 is 0. The van der Waals surface area contributed by atoms with Crippen molar-refractivity contribution in [2.75, 3.05) is 32.1 Å². The van der Waals surface area contributed by atoms with Gasteiger partial charge in [-0.25, -0.2) is 4.39 Å². The van der Waals surface area contributed by atoms with Gasteiger partial charge in [-0.3, -0.25) is 4.90 Å². The highest BCUT2D eigenvalue weighted by Gasteiger charge is 2.25. The number of hydrogen-bond donors (Lipinski definition) is 0. The van der Waals surface area contributed by atoms with Crippen molar-refractivity contribution in [3.63, 3.8) is 0 Å². The van der Waals surface area contributed by atoms with Crippen molar-refractivity contribution in [2.45, 2.75) is 38.6 Å². The van der Waals surface area contributed by atoms with Crippen LogP contribution < -0.4 is 4.90 Å². The lowest BCUT2D eigenvalue weighted by molar-refractivity contribution is 0.129. The second kappa shape index (κ2) is 8.68. The number of halogens is 1. The zero-order valence-electron chi connectivity index (χ0n) is 16.3. The highest BCUT2D eigenvalue weighted by molar-refractivity contribution is 5.47. The number of likely N-dealkylation sites (tertiary alicyclic amines) is 1. The van der Waals surface area contributed by atoms with Gasteiger partial charge in [0.1, 0.15) is 5.82 Å². The molecule has 0 radical (unpaired) electrons. The Kier molecular flexibility index (Phi) is 6.31. The molecular weight excluding hydrogens is 323 g/mol. The maximum atomic E-state index is 13.1. The van der Waals surface area contributed by atoms with E-state index in [2.05, 4.69) is 55.1 Å². The quantitative estimate of drug-likeness (QED) is 0.695. The van der Waals surface area contributed by atoms with Gasteiger partial charge in [-0.1, -0.05) is 31.2 Å². The van der Waals surface area contributed by atoms with Gasteiger partial charge >= 0.3 is 0 Å². The molecule has 26 heavy (non-hydrogen) atoms. The second-order valence-corrected chi connectivity index (χ2v) is 7.72. The van der Waals surface area contributed by atoms with Gasteiger partial charge in [0, 0.05) is 25.8 Å². The summed E-state index contributed by atoms with van der Waals surface area (Å²) in [5.74, 6) is 0.566. The molecule has 3 heteroatoms. The SMILES string of the molecule is CCC(c1cccc(N(C)C)c1)N1CCC(Cc2ccc(F)cc2)CC1. The predicted molar refractivity (Wildman–Crippen MR) is 108 cm³/mol. The van der Waals surface area contributed by atoms with Crippen LogP contribution in [-0.4, -0.2) is 32.1 Å². The van der Waals surface area contributed by atoms with E-state index < -0.39 is 0 Å². The van der Waals surface area contributed by atoms with Gasteiger partial charge < -0.3 is 4.90 Å². The molecule has 0 spiro atoms. The Balaban J connectivity index is 1.60. The van der Waals surface area contributed by atoms with E-state index in [1.54, 1.807) is 12.1 Å². The highest BCUT2D eigenvalue weighted by Crippen LogP contribution is 2.32. The van der Waals surface area contributed by atoms with Crippen molar-refractivity contribution >= 4 is 5.69 Å². The fourth-order valence-electron chi connectivity index (χ4n) is 4.14. The van der Waals surface area contributed by atoms with Gasteiger partial charge in [-0.2, -0.15) is 0 Å². The molecule has 0 N–H and O–H groups in total. The van der Waals surface area contributed by atoms with E-state index in [0.717, 1.165) is 25.9 Å². The molecule has 1 heterocycles. The van der Waals surface area contributed by atoms with Crippen LogP contribution in [0, 0.1) is 11.7 Å². The van der Waals surface area contributed by atoms with Gasteiger partial charge in [0.05, 0.1) is 0 Å². The minimum atomic E-state index is -0.144. The predicted octanol–water partition coefficient (Wildman–Crippen LogP) is 5.30. The summed E-state index contributed by atoms with van der Waals surface area (Å²) in [4.78, 5) is 4.82. The minimum Gasteiger partial charge on any atom is -0.378 e. The lowest BCUT2D eigenvalue weighted by Crippen LogP contribution is -2.37. The number of rotatable bonds is 6. The summed E-state index contributed by atoms with van der Waals surface area (Å²) in [6.07, 6.45) is 4.66. The Labute approximate surface area is 157 Å². The molecule has 0 saturated carbocycles. The average Bonchev–Trinajstić information content (AvgIpc) is 2.66. The number of nitrogens with zero attached hydrogens (tertiary/aromatic N) is 2. The Morgan fingerprint density at radius 3 is 2.38 bits per heavy atom. The van der Waals surface area contributed by atoms with Gasteiger partial charge in [-0.15, -0.1) is 0 Å². The van der Waals surface area contributed by atoms with E-state index >= 15 is 0 Å². The number of benzene rings is 2. The standard InChI is InChI=1S/C23H31FN2/c1-4-23(20-6-5-7-22(17-20)25(2)3)26-14-12-19(13-15-26)16-18-8-10-21(24)11-9-18/h5-11,17,19,23H,4,12-16H2,1-3H3. The summed E-state index contributed by atoms with van der Waals surface area (Å²) in [6, 6.07) is 16.5. The lowest BCUT2D eigenvalue weighted by atomic mass is 9.88. The molecule has 2 aromatic rings. The van der Waals surface area contributed by atoms with Crippen molar-refractivity contribution in [3.8, 4) is 0 Å². The molecule has 0 aromatic heterocycles. The first kappa shape index (κ1) is 18.9. The van der Waals surface area contributed by atoms with Gasteiger partial charge in [0.15, 0.2) is 0 Å². The molecule has 2 nitrogen and oxygen atoms in total. The van der Waals surface area contributed by atoms with Crippen LogP contribution in [0.15, 0.2) is 48.5 Å². The molecule has 0 aliphatic carbocycles. The van der Waals surface area contributed by atoms with Crippen LogP contribution in [0.5, 0.6) is 0 Å². The molecule has 1 aliphatic rings. The van der Waals surface area contributed by atoms with Crippen molar-refractivity contribution in [2.24, 2.45) is 5.92 Å². The van der Waals surface area contributed by atoms with Gasteiger partial charge in [0.25, 0.3) is 0 Å². The summed E-state index contributed by atoms with van der Waals surface area (Å²) in [5, 5.41) is 0. The zero-order chi connectivity index (χ0) is 18.5. The highest BCUT2D eigenvalue weighted by atomic mass is 19.1. The largest absolute Gasteiger partial charge is 0.378 e. The van der Waals surface area contributed by atoms with E-state index in [0.29, 0.717) is 12.0 Å². The first-order valence-electron chi connectivity index (χ1n) is 9.82. The second-order valence-electron chi connectivity index (χ2n) is 7.72. The monoisotopic (exact) mass is 354 g/mol. The smallest absolute Gasteiger partial charge is 0.123 e. The van der Waals surface area contributed by atoms with Crippen molar-refractivity contribution < 1.29 is 4.39 Å². The third kappa shape index (κ3) is 4.64. The molecule has 1 atom stereocenters. The molecule has 0 amide bonds. The van der Waals surface area contributed by atoms with E-state index in [1.165, 1.54) is 29.7 Å². The van der Waals surface area contributed by atoms with Crippen LogP contribution in [0.2, 0.25) is 0 Å². The van der Waals surface area contributed by atoms with Gasteiger partial charge in [0.2, 0.25) is 0 Å². The molecule has 1 unspecified atom stereocenters. The fraction of sp³-hybridized carbons (Fsp3) is 0.478. The summed E-state index contributed by atoms with van der Waals surface area (Å²) in [7, 11) is 4.20. The third-order valence-electron chi connectivity index (χ3n) is 5.69. The molecule has 3 rings (SSSR count). The maximum Gasteiger partial charge on any atom is 0.123 e. The minimum absolute atomic E-state index is 0.144. The molecular formula is C23H31FN2. The molecule has 1 saturated heterocycles. The van der Waals surface area contributed by atoms with Gasteiger partial charge in [-0.05, 0) is 80.1 Å². The fourth-order valence-corrected chi connectivity index (χ4v) is 4.14. The maximum absolute atomic E-state index is 13.1. The van der Waals surface area contributed by atoms with Crippen LogP contribution in [0.25, 0.3) is 0 Å². The summed E-state index contributed by atoms with van der Waals surface area (Å²) in [5.41, 5.74) is 3.96. The normalized spacial score (nSPS) is 17.2. The van der Waals surface area contributed by atoms with Crippen LogP contribution in [0.3, 0.4) is 0 Å². The Hall–Kier alpha value is -1.87. The topological polar surface area (TPSA) is 6.48 Å². The van der Waals surface area contributed by atoms with E-state index in [4.69, 9.17) is 0 Å². The summed E-state index contributed by atoms with van der Waals surface area (Å²) < 4.78 is 13.1. The zero-order valence-corrected chi connectivity index (χ0v) is 16.3. The van der Waals surface area contributed by atoms with E-state index in [-0.39, 0.29) is 5.82 Å². The van der Waals surface area contributed by atoms with Crippen molar-refractivity contribution in [3.05, 3.63) is 65.5 Å². The summed E-state index contributed by atoms with van der Waals surface area (Å²) in [6.45, 7) is 4.59. The van der Waals surface area contributed by atoms with Crippen LogP contribution in [0.1, 0.15) is 43.4 Å². The Morgan fingerprint density at radius 2 is 1.77 bits per heavy atom. The molecule has 1 aliphatic heterocycles. The number of hydrogen-bond acceptors (Lipinski definition) is 2. The Morgan fingerprint density at radius 1 is 1.08 bits per heavy atom. The van der Waals surface area contributed by atoms with Crippen LogP contribution >= 0.6 is 0 Å². The first-order chi connectivity index (χ1) is 12.6. The first-order valence-corrected chi connectivity index (χ1v) is 9.82. The lowest BCUT2D eigenvalue weighted by Gasteiger charge is -2.38. The Bertz CT molecular complexity index is 688. The van der Waals surface area contributed by atoms with E-state index in [1.807, 2.05) is 12.1 Å². The van der Waals surface area contributed by atoms with Crippen LogP contribution in [-0.2, 0) is 6.42 Å². The van der Waals surface area contributed by atoms with E-state index in [9.17, 15) is 4.39 Å². The van der Waals surface area contributed by atoms with Crippen molar-refractivity contribution in [1.82, 2.24) is 4.90 Å². The van der Waals surface area contributed by atoms with Crippen LogP contribution in [0.4, 0.5) is 10.1 Å². The van der Waals surface area contributed by atoms with Crippen molar-refractivity contribution in [1.29, 1.82) is 0 Å². The number of anilines is 1. The average molecular weight is 355 g/mol. The third-order valence-corrected chi connectivity index (χ3v) is 5.69. The molecule has 140 valence electrons. The number of piperidine rings is 1. The molecule has 1 fully saturated rings. The molecule has 0 bridgehead atoms. The molecule has 2 aromatic carbocycles.